The van der Waals surface area contributed by atoms with E-state index in [9.17, 15) is 4.79 Å². The second-order valence-corrected chi connectivity index (χ2v) is 8.33. The highest BCUT2D eigenvalue weighted by molar-refractivity contribution is 7.16. The molecule has 138 valence electrons. The predicted octanol–water partition coefficient (Wildman–Crippen LogP) is 3.12. The van der Waals surface area contributed by atoms with Crippen molar-refractivity contribution in [3.8, 4) is 5.13 Å². The van der Waals surface area contributed by atoms with Crippen LogP contribution in [0.2, 0.25) is 0 Å². The van der Waals surface area contributed by atoms with Gasteiger partial charge in [-0.3, -0.25) is 9.69 Å². The number of thiazole rings is 1. The SMILES string of the molecule is Cc1nc(-n2cccc2)sc1C(=O)N1CC(N2CCc3ccccc3C2)C1. The van der Waals surface area contributed by atoms with Crippen LogP contribution in [0.3, 0.4) is 0 Å². The Labute approximate surface area is 162 Å². The van der Waals surface area contributed by atoms with Crippen molar-refractivity contribution >= 4 is 17.2 Å². The maximum absolute atomic E-state index is 12.9. The molecule has 2 aliphatic heterocycles. The summed E-state index contributed by atoms with van der Waals surface area (Å²) in [6, 6.07) is 13.1. The molecule has 0 N–H and O–H groups in total. The van der Waals surface area contributed by atoms with Crippen LogP contribution in [0.15, 0.2) is 48.8 Å². The molecule has 0 bridgehead atoms. The first-order valence-corrected chi connectivity index (χ1v) is 10.2. The van der Waals surface area contributed by atoms with Gasteiger partial charge in [0.2, 0.25) is 0 Å². The molecule has 4 heterocycles. The van der Waals surface area contributed by atoms with Gasteiger partial charge < -0.3 is 9.47 Å². The van der Waals surface area contributed by atoms with Crippen molar-refractivity contribution in [3.63, 3.8) is 0 Å². The Morgan fingerprint density at radius 1 is 1.11 bits per heavy atom. The van der Waals surface area contributed by atoms with Crippen LogP contribution < -0.4 is 0 Å². The zero-order chi connectivity index (χ0) is 18.4. The van der Waals surface area contributed by atoms with Crippen LogP contribution in [0.5, 0.6) is 0 Å². The number of aromatic nitrogens is 2. The third kappa shape index (κ3) is 2.99. The number of aryl methyl sites for hydroxylation is 1. The lowest BCUT2D eigenvalue weighted by atomic mass is 9.96. The van der Waals surface area contributed by atoms with Crippen LogP contribution in [0.1, 0.15) is 26.5 Å². The molecule has 0 aliphatic carbocycles. The normalized spacial score (nSPS) is 17.6. The minimum atomic E-state index is 0.122. The minimum Gasteiger partial charge on any atom is -0.335 e. The number of nitrogens with zero attached hydrogens (tertiary/aromatic N) is 4. The van der Waals surface area contributed by atoms with Gasteiger partial charge in [-0.05, 0) is 36.6 Å². The molecule has 1 saturated heterocycles. The Morgan fingerprint density at radius 3 is 2.63 bits per heavy atom. The maximum atomic E-state index is 12.9. The van der Waals surface area contributed by atoms with E-state index in [1.807, 2.05) is 40.9 Å². The molecule has 1 fully saturated rings. The summed E-state index contributed by atoms with van der Waals surface area (Å²) in [4.78, 5) is 22.8. The molecule has 2 aliphatic rings. The van der Waals surface area contributed by atoms with Crippen molar-refractivity contribution in [1.29, 1.82) is 0 Å². The number of hydrogen-bond donors (Lipinski definition) is 0. The molecule has 0 radical (unpaired) electrons. The highest BCUT2D eigenvalue weighted by Crippen LogP contribution is 2.28. The van der Waals surface area contributed by atoms with Gasteiger partial charge in [-0.15, -0.1) is 0 Å². The minimum absolute atomic E-state index is 0.122. The quantitative estimate of drug-likeness (QED) is 0.703. The van der Waals surface area contributed by atoms with E-state index in [1.165, 1.54) is 22.5 Å². The fraction of sp³-hybridized carbons (Fsp3) is 0.333. The van der Waals surface area contributed by atoms with E-state index in [1.54, 1.807) is 0 Å². The first-order chi connectivity index (χ1) is 13.2. The van der Waals surface area contributed by atoms with Gasteiger partial charge >= 0.3 is 0 Å². The first kappa shape index (κ1) is 16.7. The topological polar surface area (TPSA) is 41.4 Å². The summed E-state index contributed by atoms with van der Waals surface area (Å²) in [6.07, 6.45) is 5.02. The van der Waals surface area contributed by atoms with Crippen LogP contribution in [0, 0.1) is 6.92 Å². The summed E-state index contributed by atoms with van der Waals surface area (Å²) < 4.78 is 1.96. The molecular formula is C21H22N4OS. The molecule has 5 rings (SSSR count). The van der Waals surface area contributed by atoms with Crippen LogP contribution >= 0.6 is 11.3 Å². The van der Waals surface area contributed by atoms with Gasteiger partial charge in [0.05, 0.1) is 5.69 Å². The molecule has 1 amide bonds. The van der Waals surface area contributed by atoms with Gasteiger partial charge in [-0.1, -0.05) is 35.6 Å². The second kappa shape index (κ2) is 6.62. The van der Waals surface area contributed by atoms with E-state index in [0.29, 0.717) is 6.04 Å². The molecule has 0 spiro atoms. The molecule has 0 unspecified atom stereocenters. The van der Waals surface area contributed by atoms with Crippen molar-refractivity contribution in [2.75, 3.05) is 19.6 Å². The lowest BCUT2D eigenvalue weighted by Crippen LogP contribution is -2.61. The van der Waals surface area contributed by atoms with Gasteiger partial charge in [-0.2, -0.15) is 0 Å². The van der Waals surface area contributed by atoms with E-state index in [4.69, 9.17) is 0 Å². The van der Waals surface area contributed by atoms with Gasteiger partial charge in [0.15, 0.2) is 5.13 Å². The zero-order valence-electron chi connectivity index (χ0n) is 15.3. The number of carbonyl (C=O) groups is 1. The number of amides is 1. The Bertz CT molecular complexity index is 972. The van der Waals surface area contributed by atoms with Crippen molar-refractivity contribution < 1.29 is 4.79 Å². The molecule has 5 nitrogen and oxygen atoms in total. The van der Waals surface area contributed by atoms with Crippen molar-refractivity contribution in [2.45, 2.75) is 25.9 Å². The number of benzene rings is 1. The molecule has 27 heavy (non-hydrogen) atoms. The van der Waals surface area contributed by atoms with Crippen molar-refractivity contribution in [2.24, 2.45) is 0 Å². The summed E-state index contributed by atoms with van der Waals surface area (Å²) in [5.74, 6) is 0.122. The summed E-state index contributed by atoms with van der Waals surface area (Å²) in [5, 5.41) is 0.852. The number of hydrogen-bond acceptors (Lipinski definition) is 4. The van der Waals surface area contributed by atoms with E-state index >= 15 is 0 Å². The van der Waals surface area contributed by atoms with Crippen LogP contribution in [-0.2, 0) is 13.0 Å². The lowest BCUT2D eigenvalue weighted by molar-refractivity contribution is 0.0221. The second-order valence-electron chi connectivity index (χ2n) is 7.35. The lowest BCUT2D eigenvalue weighted by Gasteiger charge is -2.46. The van der Waals surface area contributed by atoms with Gasteiger partial charge in [0, 0.05) is 44.6 Å². The largest absolute Gasteiger partial charge is 0.335 e. The summed E-state index contributed by atoms with van der Waals surface area (Å²) in [5.41, 5.74) is 3.73. The molecular weight excluding hydrogens is 356 g/mol. The fourth-order valence-electron chi connectivity index (χ4n) is 3.98. The standard InChI is InChI=1S/C21H22N4OS/c1-15-19(27-21(22-15)23-9-4-5-10-23)20(26)25-13-18(14-25)24-11-8-16-6-2-3-7-17(16)12-24/h2-7,9-10,18H,8,11-14H2,1H3. The number of rotatable bonds is 3. The number of fused-ring (bicyclic) bond motifs is 1. The average molecular weight is 379 g/mol. The van der Waals surface area contributed by atoms with E-state index in [2.05, 4.69) is 34.1 Å². The Morgan fingerprint density at radius 2 is 1.85 bits per heavy atom. The molecule has 1 aromatic carbocycles. The third-order valence-electron chi connectivity index (χ3n) is 5.63. The van der Waals surface area contributed by atoms with E-state index in [0.717, 1.165) is 48.3 Å². The van der Waals surface area contributed by atoms with Gasteiger partial charge in [0.1, 0.15) is 4.88 Å². The highest BCUT2D eigenvalue weighted by atomic mass is 32.1. The monoisotopic (exact) mass is 378 g/mol. The zero-order valence-corrected chi connectivity index (χ0v) is 16.2. The third-order valence-corrected chi connectivity index (χ3v) is 6.79. The molecule has 3 aromatic rings. The predicted molar refractivity (Wildman–Crippen MR) is 106 cm³/mol. The maximum Gasteiger partial charge on any atom is 0.266 e. The van der Waals surface area contributed by atoms with Gasteiger partial charge in [-0.25, -0.2) is 4.98 Å². The van der Waals surface area contributed by atoms with Gasteiger partial charge in [0.25, 0.3) is 5.91 Å². The smallest absolute Gasteiger partial charge is 0.266 e. The van der Waals surface area contributed by atoms with E-state index < -0.39 is 0 Å². The van der Waals surface area contributed by atoms with Crippen LogP contribution in [0.25, 0.3) is 5.13 Å². The van der Waals surface area contributed by atoms with E-state index in [-0.39, 0.29) is 5.91 Å². The summed E-state index contributed by atoms with van der Waals surface area (Å²) >= 11 is 1.48. The first-order valence-electron chi connectivity index (χ1n) is 9.40. The van der Waals surface area contributed by atoms with Crippen molar-refractivity contribution in [1.82, 2.24) is 19.4 Å². The molecule has 2 aromatic heterocycles. The molecule has 0 atom stereocenters. The fourth-order valence-corrected chi connectivity index (χ4v) is 4.98. The molecule has 0 saturated carbocycles. The Kier molecular flexibility index (Phi) is 4.10. The summed E-state index contributed by atoms with van der Waals surface area (Å²) in [6.45, 7) is 5.64. The average Bonchev–Trinajstić information content (AvgIpc) is 3.30. The Balaban J connectivity index is 1.24. The number of likely N-dealkylation sites (tertiary alicyclic amines) is 1. The van der Waals surface area contributed by atoms with Crippen LogP contribution in [0.4, 0.5) is 0 Å². The van der Waals surface area contributed by atoms with Crippen LogP contribution in [-0.4, -0.2) is 50.9 Å². The molecule has 6 heteroatoms. The van der Waals surface area contributed by atoms with Crippen molar-refractivity contribution in [3.05, 3.63) is 70.5 Å². The highest BCUT2D eigenvalue weighted by Gasteiger charge is 2.37. The summed E-state index contributed by atoms with van der Waals surface area (Å²) in [7, 11) is 0. The number of carbonyl (C=O) groups excluding carboxylic acids is 1. The Hall–Kier alpha value is -2.44.